The van der Waals surface area contributed by atoms with E-state index in [2.05, 4.69) is 49.0 Å². The molecule has 1 aliphatic heterocycles. The SMILES string of the molecule is CCOC1CCN(c2ncccc2CNC(C)(C)C)CC1. The van der Waals surface area contributed by atoms with E-state index in [1.54, 1.807) is 0 Å². The minimum Gasteiger partial charge on any atom is -0.378 e. The Hall–Kier alpha value is -1.13. The van der Waals surface area contributed by atoms with Gasteiger partial charge in [-0.2, -0.15) is 0 Å². The maximum Gasteiger partial charge on any atom is 0.133 e. The molecule has 0 atom stereocenters. The Morgan fingerprint density at radius 2 is 2.05 bits per heavy atom. The predicted octanol–water partition coefficient (Wildman–Crippen LogP) is 2.98. The van der Waals surface area contributed by atoms with E-state index in [0.29, 0.717) is 6.10 Å². The number of pyridine rings is 1. The first kappa shape index (κ1) is 16.2. The van der Waals surface area contributed by atoms with Crippen molar-refractivity contribution < 1.29 is 4.74 Å². The van der Waals surface area contributed by atoms with Crippen LogP contribution in [-0.2, 0) is 11.3 Å². The van der Waals surface area contributed by atoms with Crippen molar-refractivity contribution in [3.8, 4) is 0 Å². The molecule has 0 spiro atoms. The number of aromatic nitrogens is 1. The van der Waals surface area contributed by atoms with E-state index in [0.717, 1.165) is 44.9 Å². The normalized spacial score (nSPS) is 17.2. The molecule has 0 bridgehead atoms. The maximum atomic E-state index is 5.73. The van der Waals surface area contributed by atoms with Crippen molar-refractivity contribution in [2.45, 2.75) is 58.7 Å². The Morgan fingerprint density at radius 3 is 2.67 bits per heavy atom. The number of anilines is 1. The lowest BCUT2D eigenvalue weighted by molar-refractivity contribution is 0.0458. The van der Waals surface area contributed by atoms with Gasteiger partial charge in [-0.25, -0.2) is 4.98 Å². The van der Waals surface area contributed by atoms with Crippen LogP contribution >= 0.6 is 0 Å². The summed E-state index contributed by atoms with van der Waals surface area (Å²) in [5.74, 6) is 1.13. The highest BCUT2D eigenvalue weighted by Crippen LogP contribution is 2.23. The number of ether oxygens (including phenoxy) is 1. The van der Waals surface area contributed by atoms with E-state index in [1.807, 2.05) is 12.3 Å². The Kier molecular flexibility index (Phi) is 5.59. The molecule has 2 rings (SSSR count). The molecule has 1 aliphatic rings. The predicted molar refractivity (Wildman–Crippen MR) is 87.7 cm³/mol. The number of nitrogens with one attached hydrogen (secondary N) is 1. The van der Waals surface area contributed by atoms with Gasteiger partial charge in [0.15, 0.2) is 0 Å². The van der Waals surface area contributed by atoms with Gasteiger partial charge in [0.1, 0.15) is 5.82 Å². The van der Waals surface area contributed by atoms with E-state index in [4.69, 9.17) is 4.74 Å². The van der Waals surface area contributed by atoms with Gasteiger partial charge in [0.25, 0.3) is 0 Å². The zero-order chi connectivity index (χ0) is 15.3. The fourth-order valence-electron chi connectivity index (χ4n) is 2.68. The van der Waals surface area contributed by atoms with Crippen molar-refractivity contribution in [3.05, 3.63) is 23.9 Å². The summed E-state index contributed by atoms with van der Waals surface area (Å²) in [5, 5.41) is 3.56. The Bertz CT molecular complexity index is 434. The van der Waals surface area contributed by atoms with E-state index >= 15 is 0 Å². The van der Waals surface area contributed by atoms with Crippen LogP contribution in [0.25, 0.3) is 0 Å². The number of hydrogen-bond donors (Lipinski definition) is 1. The summed E-state index contributed by atoms with van der Waals surface area (Å²) >= 11 is 0. The summed E-state index contributed by atoms with van der Waals surface area (Å²) in [6, 6.07) is 4.20. The van der Waals surface area contributed by atoms with E-state index in [-0.39, 0.29) is 5.54 Å². The summed E-state index contributed by atoms with van der Waals surface area (Å²) in [6.45, 7) is 12.4. The average molecular weight is 291 g/mol. The summed E-state index contributed by atoms with van der Waals surface area (Å²) in [6.07, 6.45) is 4.50. The van der Waals surface area contributed by atoms with Crippen LogP contribution in [0.4, 0.5) is 5.82 Å². The second-order valence-corrected chi connectivity index (χ2v) is 6.73. The van der Waals surface area contributed by atoms with Crippen LogP contribution < -0.4 is 10.2 Å². The molecular formula is C17H29N3O. The fraction of sp³-hybridized carbons (Fsp3) is 0.706. The van der Waals surface area contributed by atoms with Gasteiger partial charge < -0.3 is 15.0 Å². The third kappa shape index (κ3) is 4.97. The highest BCUT2D eigenvalue weighted by atomic mass is 16.5. The van der Waals surface area contributed by atoms with Gasteiger partial charge in [0.05, 0.1) is 6.10 Å². The van der Waals surface area contributed by atoms with Gasteiger partial charge in [-0.3, -0.25) is 0 Å². The molecule has 0 aliphatic carbocycles. The first-order valence-electron chi connectivity index (χ1n) is 8.05. The monoisotopic (exact) mass is 291 g/mol. The number of hydrogen-bond acceptors (Lipinski definition) is 4. The first-order chi connectivity index (χ1) is 9.99. The van der Waals surface area contributed by atoms with Crippen LogP contribution in [0.3, 0.4) is 0 Å². The molecule has 21 heavy (non-hydrogen) atoms. The smallest absolute Gasteiger partial charge is 0.133 e. The highest BCUT2D eigenvalue weighted by molar-refractivity contribution is 5.47. The van der Waals surface area contributed by atoms with Crippen LogP contribution in [0.5, 0.6) is 0 Å². The molecule has 0 saturated carbocycles. The molecule has 4 heteroatoms. The molecule has 0 unspecified atom stereocenters. The molecule has 1 fully saturated rings. The van der Waals surface area contributed by atoms with Crippen LogP contribution in [-0.4, -0.2) is 36.3 Å². The second kappa shape index (κ2) is 7.23. The van der Waals surface area contributed by atoms with Crippen molar-refractivity contribution >= 4 is 5.82 Å². The molecule has 0 amide bonds. The molecule has 1 N–H and O–H groups in total. The molecule has 0 radical (unpaired) electrons. The quantitative estimate of drug-likeness (QED) is 0.905. The second-order valence-electron chi connectivity index (χ2n) is 6.73. The number of rotatable bonds is 5. The molecule has 1 aromatic heterocycles. The summed E-state index contributed by atoms with van der Waals surface area (Å²) < 4.78 is 5.73. The van der Waals surface area contributed by atoms with Gasteiger partial charge in [-0.15, -0.1) is 0 Å². The van der Waals surface area contributed by atoms with E-state index in [1.165, 1.54) is 5.56 Å². The van der Waals surface area contributed by atoms with Crippen molar-refractivity contribution in [1.82, 2.24) is 10.3 Å². The van der Waals surface area contributed by atoms with Gasteiger partial charge in [-0.1, -0.05) is 6.07 Å². The number of piperidine rings is 1. The number of nitrogens with zero attached hydrogens (tertiary/aromatic N) is 2. The van der Waals surface area contributed by atoms with Gasteiger partial charge in [0.2, 0.25) is 0 Å². The molecule has 1 saturated heterocycles. The standard InChI is InChI=1S/C17H29N3O/c1-5-21-15-8-11-20(12-9-15)16-14(7-6-10-18-16)13-19-17(2,3)4/h6-7,10,15,19H,5,8-9,11-13H2,1-4H3. The molecule has 118 valence electrons. The van der Waals surface area contributed by atoms with Crippen molar-refractivity contribution in [1.29, 1.82) is 0 Å². The van der Waals surface area contributed by atoms with Gasteiger partial charge in [0, 0.05) is 43.5 Å². The van der Waals surface area contributed by atoms with E-state index in [9.17, 15) is 0 Å². The van der Waals surface area contributed by atoms with Gasteiger partial charge >= 0.3 is 0 Å². The zero-order valence-corrected chi connectivity index (χ0v) is 13.9. The molecule has 1 aromatic rings. The molecule has 4 nitrogen and oxygen atoms in total. The van der Waals surface area contributed by atoms with Crippen LogP contribution in [0.2, 0.25) is 0 Å². The lowest BCUT2D eigenvalue weighted by Crippen LogP contribution is -2.39. The largest absolute Gasteiger partial charge is 0.378 e. The lowest BCUT2D eigenvalue weighted by atomic mass is 10.1. The maximum absolute atomic E-state index is 5.73. The van der Waals surface area contributed by atoms with Crippen molar-refractivity contribution in [2.24, 2.45) is 0 Å². The summed E-state index contributed by atoms with van der Waals surface area (Å²) in [4.78, 5) is 7.02. The highest BCUT2D eigenvalue weighted by Gasteiger charge is 2.22. The summed E-state index contributed by atoms with van der Waals surface area (Å²) in [7, 11) is 0. The minimum absolute atomic E-state index is 0.120. The van der Waals surface area contributed by atoms with Crippen molar-refractivity contribution in [3.63, 3.8) is 0 Å². The van der Waals surface area contributed by atoms with Crippen LogP contribution in [0, 0.1) is 0 Å². The Balaban J connectivity index is 2.00. The average Bonchev–Trinajstić information content (AvgIpc) is 2.46. The first-order valence-corrected chi connectivity index (χ1v) is 8.05. The minimum atomic E-state index is 0.120. The zero-order valence-electron chi connectivity index (χ0n) is 13.9. The molecule has 0 aromatic carbocycles. The van der Waals surface area contributed by atoms with Crippen LogP contribution in [0.15, 0.2) is 18.3 Å². The lowest BCUT2D eigenvalue weighted by Gasteiger charge is -2.34. The topological polar surface area (TPSA) is 37.4 Å². The summed E-state index contributed by atoms with van der Waals surface area (Å²) in [5.41, 5.74) is 1.40. The third-order valence-electron chi connectivity index (χ3n) is 3.82. The third-order valence-corrected chi connectivity index (χ3v) is 3.82. The Morgan fingerprint density at radius 1 is 1.33 bits per heavy atom. The van der Waals surface area contributed by atoms with E-state index < -0.39 is 0 Å². The van der Waals surface area contributed by atoms with Gasteiger partial charge in [-0.05, 0) is 46.6 Å². The molecule has 2 heterocycles. The fourth-order valence-corrected chi connectivity index (χ4v) is 2.68. The Labute approximate surface area is 128 Å². The van der Waals surface area contributed by atoms with Crippen molar-refractivity contribution in [2.75, 3.05) is 24.6 Å². The van der Waals surface area contributed by atoms with Crippen LogP contribution in [0.1, 0.15) is 46.1 Å². The molecular weight excluding hydrogens is 262 g/mol.